The van der Waals surface area contributed by atoms with E-state index >= 15 is 0 Å². The van der Waals surface area contributed by atoms with Crippen molar-refractivity contribution < 1.29 is 9.18 Å². The molecule has 1 N–H and O–H groups in total. The molecule has 0 radical (unpaired) electrons. The molecule has 0 spiro atoms. The SMILES string of the molecule is Cc1nc2ncnn2c(C)c1CCC(=O)Nc1ccc(Br)cc1F. The van der Waals surface area contributed by atoms with Crippen LogP contribution in [-0.2, 0) is 11.2 Å². The first-order valence-corrected chi connectivity index (χ1v) is 8.15. The smallest absolute Gasteiger partial charge is 0.252 e. The normalized spacial score (nSPS) is 11.0. The molecular weight excluding hydrogens is 377 g/mol. The second kappa shape index (κ2) is 6.64. The van der Waals surface area contributed by atoms with Crippen LogP contribution in [0.3, 0.4) is 0 Å². The molecule has 3 aromatic rings. The van der Waals surface area contributed by atoms with E-state index in [0.717, 1.165) is 17.0 Å². The number of carbonyl (C=O) groups excluding carboxylic acids is 1. The summed E-state index contributed by atoms with van der Waals surface area (Å²) < 4.78 is 16.0. The third-order valence-electron chi connectivity index (χ3n) is 3.80. The molecule has 124 valence electrons. The van der Waals surface area contributed by atoms with E-state index in [2.05, 4.69) is 36.3 Å². The van der Waals surface area contributed by atoms with Crippen LogP contribution in [-0.4, -0.2) is 25.5 Å². The lowest BCUT2D eigenvalue weighted by Crippen LogP contribution is -2.15. The molecule has 1 amide bonds. The Balaban J connectivity index is 1.72. The summed E-state index contributed by atoms with van der Waals surface area (Å²) in [6.45, 7) is 3.79. The number of fused-ring (bicyclic) bond motifs is 1. The van der Waals surface area contributed by atoms with Crippen LogP contribution >= 0.6 is 15.9 Å². The van der Waals surface area contributed by atoms with Gasteiger partial charge >= 0.3 is 0 Å². The zero-order chi connectivity index (χ0) is 17.3. The second-order valence-electron chi connectivity index (χ2n) is 5.41. The average Bonchev–Trinajstić information content (AvgIpc) is 2.98. The molecule has 0 aliphatic carbocycles. The van der Waals surface area contributed by atoms with Crippen LogP contribution in [0.4, 0.5) is 10.1 Å². The molecule has 0 aliphatic heterocycles. The molecule has 3 rings (SSSR count). The number of aromatic nitrogens is 4. The number of rotatable bonds is 4. The Kier molecular flexibility index (Phi) is 4.57. The first-order valence-electron chi connectivity index (χ1n) is 7.36. The Hall–Kier alpha value is -2.35. The van der Waals surface area contributed by atoms with Gasteiger partial charge in [0.1, 0.15) is 12.1 Å². The number of nitrogens with one attached hydrogen (secondary N) is 1. The Morgan fingerprint density at radius 2 is 2.17 bits per heavy atom. The molecule has 0 unspecified atom stereocenters. The highest BCUT2D eigenvalue weighted by Gasteiger charge is 2.13. The Bertz CT molecular complexity index is 924. The third kappa shape index (κ3) is 3.28. The van der Waals surface area contributed by atoms with Gasteiger partial charge in [-0.25, -0.2) is 13.9 Å². The number of nitrogens with zero attached hydrogens (tertiary/aromatic N) is 4. The zero-order valence-corrected chi connectivity index (χ0v) is 14.8. The molecular formula is C16H15BrFN5O. The van der Waals surface area contributed by atoms with E-state index in [1.54, 1.807) is 10.6 Å². The number of anilines is 1. The fourth-order valence-electron chi connectivity index (χ4n) is 2.56. The standard InChI is InChI=1S/C16H15BrFN5O/c1-9-12(10(2)23-16(21-9)19-8-20-23)4-6-15(24)22-14-5-3-11(17)7-13(14)18/h3,5,7-8H,4,6H2,1-2H3,(H,22,24). The number of aryl methyl sites for hydroxylation is 2. The Labute approximate surface area is 146 Å². The molecule has 24 heavy (non-hydrogen) atoms. The maximum atomic E-state index is 13.8. The molecule has 0 fully saturated rings. The minimum Gasteiger partial charge on any atom is -0.324 e. The minimum absolute atomic E-state index is 0.168. The van der Waals surface area contributed by atoms with Crippen LogP contribution in [0.15, 0.2) is 29.0 Å². The maximum Gasteiger partial charge on any atom is 0.252 e. The number of hydrogen-bond donors (Lipinski definition) is 1. The van der Waals surface area contributed by atoms with Crippen LogP contribution in [0.25, 0.3) is 5.78 Å². The van der Waals surface area contributed by atoms with E-state index in [-0.39, 0.29) is 18.0 Å². The van der Waals surface area contributed by atoms with E-state index in [4.69, 9.17) is 0 Å². The summed E-state index contributed by atoms with van der Waals surface area (Å²) in [6, 6.07) is 4.51. The van der Waals surface area contributed by atoms with Gasteiger partial charge in [-0.1, -0.05) is 15.9 Å². The van der Waals surface area contributed by atoms with Gasteiger partial charge in [-0.15, -0.1) is 0 Å². The van der Waals surface area contributed by atoms with Crippen LogP contribution in [0.2, 0.25) is 0 Å². The van der Waals surface area contributed by atoms with Gasteiger partial charge in [-0.3, -0.25) is 4.79 Å². The highest BCUT2D eigenvalue weighted by molar-refractivity contribution is 9.10. The summed E-state index contributed by atoms with van der Waals surface area (Å²) in [5.41, 5.74) is 2.83. The summed E-state index contributed by atoms with van der Waals surface area (Å²) in [4.78, 5) is 20.6. The molecule has 0 saturated carbocycles. The maximum absolute atomic E-state index is 13.8. The molecule has 0 bridgehead atoms. The minimum atomic E-state index is -0.476. The van der Waals surface area contributed by atoms with Gasteiger partial charge in [0, 0.05) is 22.3 Å². The molecule has 0 aliphatic rings. The van der Waals surface area contributed by atoms with Gasteiger partial charge < -0.3 is 5.32 Å². The van der Waals surface area contributed by atoms with Crippen molar-refractivity contribution in [2.75, 3.05) is 5.32 Å². The highest BCUT2D eigenvalue weighted by Crippen LogP contribution is 2.20. The number of halogens is 2. The quantitative estimate of drug-likeness (QED) is 0.740. The van der Waals surface area contributed by atoms with Crippen molar-refractivity contribution in [3.63, 3.8) is 0 Å². The van der Waals surface area contributed by atoms with Crippen molar-refractivity contribution in [2.24, 2.45) is 0 Å². The van der Waals surface area contributed by atoms with Gasteiger partial charge in [-0.2, -0.15) is 10.1 Å². The number of amides is 1. The average molecular weight is 392 g/mol. The van der Waals surface area contributed by atoms with E-state index < -0.39 is 5.82 Å². The van der Waals surface area contributed by atoms with Crippen molar-refractivity contribution in [1.29, 1.82) is 0 Å². The predicted octanol–water partition coefficient (Wildman–Crippen LogP) is 3.21. The highest BCUT2D eigenvalue weighted by atomic mass is 79.9. The largest absolute Gasteiger partial charge is 0.324 e. The van der Waals surface area contributed by atoms with Crippen molar-refractivity contribution in [3.8, 4) is 0 Å². The Morgan fingerprint density at radius 1 is 1.38 bits per heavy atom. The summed E-state index contributed by atoms with van der Waals surface area (Å²) in [7, 11) is 0. The molecule has 0 atom stereocenters. The number of hydrogen-bond acceptors (Lipinski definition) is 4. The van der Waals surface area contributed by atoms with E-state index in [0.29, 0.717) is 16.7 Å². The first-order chi connectivity index (χ1) is 11.5. The number of carbonyl (C=O) groups is 1. The summed E-state index contributed by atoms with van der Waals surface area (Å²) in [5, 5.41) is 6.71. The molecule has 1 aromatic carbocycles. The van der Waals surface area contributed by atoms with Crippen LogP contribution in [0.1, 0.15) is 23.4 Å². The molecule has 2 aromatic heterocycles. The molecule has 8 heteroatoms. The number of benzene rings is 1. The monoisotopic (exact) mass is 391 g/mol. The van der Waals surface area contributed by atoms with Crippen molar-refractivity contribution in [2.45, 2.75) is 26.7 Å². The van der Waals surface area contributed by atoms with Gasteiger partial charge in [-0.05, 0) is 44.0 Å². The summed E-state index contributed by atoms with van der Waals surface area (Å²) in [5.74, 6) is -0.195. The summed E-state index contributed by atoms with van der Waals surface area (Å²) >= 11 is 3.18. The predicted molar refractivity (Wildman–Crippen MR) is 91.3 cm³/mol. The van der Waals surface area contributed by atoms with Crippen molar-refractivity contribution in [3.05, 3.63) is 51.8 Å². The summed E-state index contributed by atoms with van der Waals surface area (Å²) in [6.07, 6.45) is 2.16. The van der Waals surface area contributed by atoms with Crippen molar-refractivity contribution in [1.82, 2.24) is 19.6 Å². The first kappa shape index (κ1) is 16.5. The van der Waals surface area contributed by atoms with E-state index in [1.165, 1.54) is 18.5 Å². The van der Waals surface area contributed by atoms with Crippen LogP contribution < -0.4 is 5.32 Å². The topological polar surface area (TPSA) is 72.2 Å². The lowest BCUT2D eigenvalue weighted by molar-refractivity contribution is -0.116. The Morgan fingerprint density at radius 3 is 2.92 bits per heavy atom. The van der Waals surface area contributed by atoms with Gasteiger partial charge in [0.15, 0.2) is 0 Å². The van der Waals surface area contributed by atoms with E-state index in [9.17, 15) is 9.18 Å². The molecule has 6 nitrogen and oxygen atoms in total. The third-order valence-corrected chi connectivity index (χ3v) is 4.29. The molecule has 0 saturated heterocycles. The second-order valence-corrected chi connectivity index (χ2v) is 6.32. The van der Waals surface area contributed by atoms with Gasteiger partial charge in [0.25, 0.3) is 5.78 Å². The fourth-order valence-corrected chi connectivity index (χ4v) is 2.89. The van der Waals surface area contributed by atoms with Crippen LogP contribution in [0, 0.1) is 19.7 Å². The lowest BCUT2D eigenvalue weighted by Gasteiger charge is -2.11. The lowest BCUT2D eigenvalue weighted by atomic mass is 10.1. The fraction of sp³-hybridized carbons (Fsp3) is 0.250. The zero-order valence-electron chi connectivity index (χ0n) is 13.2. The van der Waals surface area contributed by atoms with Gasteiger partial charge in [0.2, 0.25) is 5.91 Å². The van der Waals surface area contributed by atoms with Crippen molar-refractivity contribution >= 4 is 33.3 Å². The van der Waals surface area contributed by atoms with Gasteiger partial charge in [0.05, 0.1) is 5.69 Å². The van der Waals surface area contributed by atoms with E-state index in [1.807, 2.05) is 13.8 Å². The molecule has 2 heterocycles. The van der Waals surface area contributed by atoms with Crippen LogP contribution in [0.5, 0.6) is 0 Å².